The summed E-state index contributed by atoms with van der Waals surface area (Å²) in [6.07, 6.45) is 6.66. The molecule has 4 rings (SSSR count). The van der Waals surface area contributed by atoms with Crippen molar-refractivity contribution in [3.05, 3.63) is 47.3 Å². The van der Waals surface area contributed by atoms with Gasteiger partial charge in [0.2, 0.25) is 0 Å². The first-order valence-corrected chi connectivity index (χ1v) is 9.98. The van der Waals surface area contributed by atoms with Gasteiger partial charge in [-0.3, -0.25) is 0 Å². The molecule has 2 aromatic heterocycles. The molecule has 0 saturated heterocycles. The van der Waals surface area contributed by atoms with E-state index in [4.69, 9.17) is 0 Å². The van der Waals surface area contributed by atoms with E-state index in [9.17, 15) is 0 Å². The van der Waals surface area contributed by atoms with Gasteiger partial charge < -0.3 is 10.6 Å². The molecule has 2 aromatic rings. The highest BCUT2D eigenvalue weighted by atomic mass is 15.0. The second-order valence-electron chi connectivity index (χ2n) is 7.97. The standard InChI is InChI=1S/2C11H16N2/c2*1-8(2)10-6-5-9-4-3-7-12-11(9)13-10/h5-6,8H,3-4,7H2,1-2H3,(H,12,13);3-4,7-8,10H,5-6H2,1-2H3,(H,12,13). The van der Waals surface area contributed by atoms with Gasteiger partial charge in [-0.25, -0.2) is 9.97 Å². The summed E-state index contributed by atoms with van der Waals surface area (Å²) in [4.78, 5) is 8.94. The number of rotatable bonds is 2. The van der Waals surface area contributed by atoms with Gasteiger partial charge in [0, 0.05) is 24.5 Å². The summed E-state index contributed by atoms with van der Waals surface area (Å²) in [5, 5.41) is 6.83. The van der Waals surface area contributed by atoms with Crippen LogP contribution in [0.3, 0.4) is 0 Å². The van der Waals surface area contributed by atoms with E-state index >= 15 is 0 Å². The van der Waals surface area contributed by atoms with Gasteiger partial charge in [0.25, 0.3) is 0 Å². The van der Waals surface area contributed by atoms with Gasteiger partial charge in [0.1, 0.15) is 11.6 Å². The smallest absolute Gasteiger partial charge is 0.129 e. The fourth-order valence-electron chi connectivity index (χ4n) is 3.49. The van der Waals surface area contributed by atoms with Crippen molar-refractivity contribution in [2.24, 2.45) is 5.92 Å². The molecule has 1 atom stereocenters. The Morgan fingerprint density at radius 3 is 2.58 bits per heavy atom. The Hall–Kier alpha value is -2.10. The third kappa shape index (κ3) is 4.54. The van der Waals surface area contributed by atoms with E-state index in [0.717, 1.165) is 18.2 Å². The Bertz CT molecular complexity index is 724. The lowest BCUT2D eigenvalue weighted by Gasteiger charge is -2.28. The molecule has 1 unspecified atom stereocenters. The van der Waals surface area contributed by atoms with Crippen LogP contribution in [0.4, 0.5) is 11.6 Å². The normalized spacial score (nSPS) is 18.2. The summed E-state index contributed by atoms with van der Waals surface area (Å²) >= 11 is 0. The number of fused-ring (bicyclic) bond motifs is 2. The second-order valence-corrected chi connectivity index (χ2v) is 7.97. The fraction of sp³-hybridized carbons (Fsp3) is 0.545. The molecule has 4 heteroatoms. The Morgan fingerprint density at radius 1 is 1.00 bits per heavy atom. The van der Waals surface area contributed by atoms with E-state index in [1.165, 1.54) is 42.5 Å². The van der Waals surface area contributed by atoms with Crippen molar-refractivity contribution >= 4 is 11.6 Å². The van der Waals surface area contributed by atoms with E-state index in [-0.39, 0.29) is 0 Å². The molecule has 0 saturated carbocycles. The van der Waals surface area contributed by atoms with Gasteiger partial charge in [-0.1, -0.05) is 39.8 Å². The van der Waals surface area contributed by atoms with E-state index in [2.05, 4.69) is 66.5 Å². The zero-order valence-corrected chi connectivity index (χ0v) is 16.5. The highest BCUT2D eigenvalue weighted by Gasteiger charge is 2.20. The maximum absolute atomic E-state index is 4.60. The summed E-state index contributed by atoms with van der Waals surface area (Å²) in [7, 11) is 0. The maximum atomic E-state index is 4.60. The molecule has 0 fully saturated rings. The molecule has 0 amide bonds. The number of hydrogen-bond donors (Lipinski definition) is 2. The summed E-state index contributed by atoms with van der Waals surface area (Å²) in [6.45, 7) is 9.94. The lowest BCUT2D eigenvalue weighted by atomic mass is 9.93. The van der Waals surface area contributed by atoms with Crippen LogP contribution in [-0.4, -0.2) is 22.6 Å². The van der Waals surface area contributed by atoms with Crippen LogP contribution in [0.25, 0.3) is 0 Å². The largest absolute Gasteiger partial charge is 0.370 e. The number of nitrogens with zero attached hydrogens (tertiary/aromatic N) is 2. The topological polar surface area (TPSA) is 49.8 Å². The average molecular weight is 353 g/mol. The molecule has 0 radical (unpaired) electrons. The van der Waals surface area contributed by atoms with Crippen molar-refractivity contribution in [2.75, 3.05) is 17.2 Å². The maximum Gasteiger partial charge on any atom is 0.129 e. The molecule has 26 heavy (non-hydrogen) atoms. The van der Waals surface area contributed by atoms with Gasteiger partial charge in [-0.2, -0.15) is 0 Å². The third-order valence-electron chi connectivity index (χ3n) is 5.25. The molecular formula is C22H32N4. The lowest BCUT2D eigenvalue weighted by Crippen LogP contribution is -2.30. The lowest BCUT2D eigenvalue weighted by molar-refractivity contribution is 0.480. The number of hydrogen-bond acceptors (Lipinski definition) is 4. The first kappa shape index (κ1) is 18.7. The zero-order valence-electron chi connectivity index (χ0n) is 16.5. The molecule has 4 heterocycles. The Labute approximate surface area is 157 Å². The van der Waals surface area contributed by atoms with E-state index in [0.29, 0.717) is 17.9 Å². The predicted molar refractivity (Wildman–Crippen MR) is 110 cm³/mol. The first-order valence-electron chi connectivity index (χ1n) is 9.98. The summed E-state index contributed by atoms with van der Waals surface area (Å²) < 4.78 is 0. The van der Waals surface area contributed by atoms with Crippen molar-refractivity contribution < 1.29 is 0 Å². The van der Waals surface area contributed by atoms with Gasteiger partial charge >= 0.3 is 0 Å². The number of aromatic nitrogens is 2. The highest BCUT2D eigenvalue weighted by molar-refractivity contribution is 5.47. The van der Waals surface area contributed by atoms with Crippen molar-refractivity contribution in [3.8, 4) is 0 Å². The van der Waals surface area contributed by atoms with Crippen LogP contribution >= 0.6 is 0 Å². The zero-order chi connectivity index (χ0) is 18.5. The number of nitrogens with one attached hydrogen (secondary N) is 2. The molecule has 0 bridgehead atoms. The molecule has 4 nitrogen and oxygen atoms in total. The summed E-state index contributed by atoms with van der Waals surface area (Å²) in [6, 6.07) is 9.13. The Morgan fingerprint density at radius 2 is 1.81 bits per heavy atom. The second kappa shape index (κ2) is 8.52. The summed E-state index contributed by atoms with van der Waals surface area (Å²) in [5.41, 5.74) is 3.92. The van der Waals surface area contributed by atoms with Crippen LogP contribution in [0.15, 0.2) is 30.5 Å². The molecule has 0 aliphatic carbocycles. The number of aryl methyl sites for hydroxylation is 2. The quantitative estimate of drug-likeness (QED) is 0.796. The molecule has 2 aliphatic heterocycles. The van der Waals surface area contributed by atoms with Crippen LogP contribution < -0.4 is 10.6 Å². The van der Waals surface area contributed by atoms with Crippen molar-refractivity contribution in [1.29, 1.82) is 0 Å². The molecular weight excluding hydrogens is 320 g/mol. The molecule has 0 spiro atoms. The van der Waals surface area contributed by atoms with Crippen LogP contribution in [0.2, 0.25) is 0 Å². The van der Waals surface area contributed by atoms with E-state index in [1.807, 2.05) is 12.3 Å². The SMILES string of the molecule is CC(C)C1CCc2cccnc2N1.CC(C)c1ccc2c(n1)NCCC2. The molecule has 0 aromatic carbocycles. The molecule has 2 N–H and O–H groups in total. The summed E-state index contributed by atoms with van der Waals surface area (Å²) in [5.74, 6) is 3.41. The first-order chi connectivity index (χ1) is 12.5. The van der Waals surface area contributed by atoms with Crippen LogP contribution in [0.1, 0.15) is 63.3 Å². The van der Waals surface area contributed by atoms with Gasteiger partial charge in [-0.05, 0) is 60.8 Å². The van der Waals surface area contributed by atoms with Crippen molar-refractivity contribution in [2.45, 2.75) is 65.3 Å². The fourth-order valence-corrected chi connectivity index (χ4v) is 3.49. The van der Waals surface area contributed by atoms with Crippen LogP contribution in [0, 0.1) is 5.92 Å². The highest BCUT2D eigenvalue weighted by Crippen LogP contribution is 2.25. The van der Waals surface area contributed by atoms with Gasteiger partial charge in [0.15, 0.2) is 0 Å². The average Bonchev–Trinajstić information content (AvgIpc) is 2.67. The number of anilines is 2. The third-order valence-corrected chi connectivity index (χ3v) is 5.25. The van der Waals surface area contributed by atoms with Crippen LogP contribution in [-0.2, 0) is 12.8 Å². The minimum Gasteiger partial charge on any atom is -0.370 e. The predicted octanol–water partition coefficient (Wildman–Crippen LogP) is 5.03. The van der Waals surface area contributed by atoms with Crippen molar-refractivity contribution in [1.82, 2.24) is 9.97 Å². The molecule has 2 aliphatic rings. The minimum atomic E-state index is 0.522. The Balaban J connectivity index is 0.000000151. The monoisotopic (exact) mass is 352 g/mol. The number of pyridine rings is 2. The molecule has 140 valence electrons. The van der Waals surface area contributed by atoms with E-state index in [1.54, 1.807) is 0 Å². The van der Waals surface area contributed by atoms with Crippen molar-refractivity contribution in [3.63, 3.8) is 0 Å². The van der Waals surface area contributed by atoms with Gasteiger partial charge in [0.05, 0.1) is 0 Å². The Kier molecular flexibility index (Phi) is 6.12. The van der Waals surface area contributed by atoms with E-state index < -0.39 is 0 Å². The van der Waals surface area contributed by atoms with Gasteiger partial charge in [-0.15, -0.1) is 0 Å². The minimum absolute atomic E-state index is 0.522. The van der Waals surface area contributed by atoms with Crippen LogP contribution in [0.5, 0.6) is 0 Å².